The van der Waals surface area contributed by atoms with Gasteiger partial charge in [-0.15, -0.1) is 0 Å². The van der Waals surface area contributed by atoms with E-state index < -0.39 is 15.8 Å². The molecule has 1 amide bonds. The first-order valence-electron chi connectivity index (χ1n) is 10.7. The Morgan fingerprint density at radius 3 is 2.38 bits per heavy atom. The van der Waals surface area contributed by atoms with Gasteiger partial charge in [0, 0.05) is 51.0 Å². The van der Waals surface area contributed by atoms with Gasteiger partial charge in [-0.2, -0.15) is 4.31 Å². The van der Waals surface area contributed by atoms with Crippen LogP contribution in [0.2, 0.25) is 0 Å². The lowest BCUT2D eigenvalue weighted by molar-refractivity contribution is 0.0783. The number of ether oxygens (including phenoxy) is 1. The third kappa shape index (κ3) is 5.11. The lowest BCUT2D eigenvalue weighted by Crippen LogP contribution is -2.38. The second-order valence-electron chi connectivity index (χ2n) is 7.62. The Bertz CT molecular complexity index is 1050. The monoisotopic (exact) mass is 463 g/mol. The minimum Gasteiger partial charge on any atom is -0.378 e. The van der Waals surface area contributed by atoms with Gasteiger partial charge in [-0.1, -0.05) is 32.0 Å². The summed E-state index contributed by atoms with van der Waals surface area (Å²) in [5.74, 6) is -0.759. The maximum atomic E-state index is 14.1. The zero-order chi connectivity index (χ0) is 23.3. The molecular weight excluding hydrogens is 433 g/mol. The Kier molecular flexibility index (Phi) is 7.86. The first-order chi connectivity index (χ1) is 15.3. The molecule has 1 saturated heterocycles. The molecule has 1 heterocycles. The number of nitrogens with zero attached hydrogens (tertiary/aromatic N) is 3. The van der Waals surface area contributed by atoms with Crippen LogP contribution in [0.15, 0.2) is 47.4 Å². The Balaban J connectivity index is 2.01. The molecule has 3 rings (SSSR count). The summed E-state index contributed by atoms with van der Waals surface area (Å²) in [6, 6.07) is 11.0. The number of amides is 1. The summed E-state index contributed by atoms with van der Waals surface area (Å²) in [6.45, 7) is 6.53. The van der Waals surface area contributed by atoms with Crippen molar-refractivity contribution in [2.24, 2.45) is 0 Å². The molecule has 32 heavy (non-hydrogen) atoms. The first-order valence-corrected chi connectivity index (χ1v) is 12.2. The topological polar surface area (TPSA) is 70.2 Å². The van der Waals surface area contributed by atoms with Gasteiger partial charge in [0.05, 0.1) is 23.7 Å². The van der Waals surface area contributed by atoms with Crippen molar-refractivity contribution in [3.63, 3.8) is 0 Å². The van der Waals surface area contributed by atoms with E-state index in [-0.39, 0.29) is 22.9 Å². The molecule has 9 heteroatoms. The second kappa shape index (κ2) is 10.4. The highest BCUT2D eigenvalue weighted by Crippen LogP contribution is 2.28. The van der Waals surface area contributed by atoms with Crippen LogP contribution in [0.3, 0.4) is 0 Å². The summed E-state index contributed by atoms with van der Waals surface area (Å²) < 4.78 is 47.1. The van der Waals surface area contributed by atoms with Gasteiger partial charge in [0.2, 0.25) is 10.0 Å². The summed E-state index contributed by atoms with van der Waals surface area (Å²) in [4.78, 5) is 16.9. The molecule has 2 aromatic carbocycles. The summed E-state index contributed by atoms with van der Waals surface area (Å²) in [5.41, 5.74) is 1.32. The molecule has 1 fully saturated rings. The molecule has 0 unspecified atom stereocenters. The van der Waals surface area contributed by atoms with Crippen molar-refractivity contribution in [1.29, 1.82) is 0 Å². The fraction of sp³-hybridized carbons (Fsp3) is 0.435. The van der Waals surface area contributed by atoms with Crippen molar-refractivity contribution >= 4 is 21.6 Å². The third-order valence-corrected chi connectivity index (χ3v) is 7.65. The van der Waals surface area contributed by atoms with Crippen molar-refractivity contribution in [3.8, 4) is 0 Å². The van der Waals surface area contributed by atoms with Gasteiger partial charge < -0.3 is 14.5 Å². The number of benzene rings is 2. The van der Waals surface area contributed by atoms with Gasteiger partial charge in [0.1, 0.15) is 5.82 Å². The van der Waals surface area contributed by atoms with E-state index in [1.807, 2.05) is 4.90 Å². The van der Waals surface area contributed by atoms with E-state index in [1.54, 1.807) is 51.2 Å². The van der Waals surface area contributed by atoms with Crippen LogP contribution in [0.25, 0.3) is 0 Å². The van der Waals surface area contributed by atoms with Crippen molar-refractivity contribution < 1.29 is 22.3 Å². The van der Waals surface area contributed by atoms with Crippen LogP contribution in [0.5, 0.6) is 0 Å². The Morgan fingerprint density at radius 1 is 1.09 bits per heavy atom. The molecular formula is C23H30FN3O4S. The van der Waals surface area contributed by atoms with Gasteiger partial charge in [-0.25, -0.2) is 12.8 Å². The molecule has 174 valence electrons. The van der Waals surface area contributed by atoms with E-state index in [4.69, 9.17) is 4.74 Å². The Labute approximate surface area is 189 Å². The molecule has 1 aliphatic rings. The summed E-state index contributed by atoms with van der Waals surface area (Å²) >= 11 is 0. The predicted molar refractivity (Wildman–Crippen MR) is 122 cm³/mol. The molecule has 0 spiro atoms. The smallest absolute Gasteiger partial charge is 0.256 e. The molecule has 0 atom stereocenters. The molecule has 0 bridgehead atoms. The number of sulfonamides is 1. The van der Waals surface area contributed by atoms with Gasteiger partial charge in [-0.05, 0) is 24.3 Å². The van der Waals surface area contributed by atoms with Crippen LogP contribution in [0.1, 0.15) is 29.8 Å². The fourth-order valence-corrected chi connectivity index (χ4v) is 5.28. The number of anilines is 1. The van der Waals surface area contributed by atoms with E-state index in [9.17, 15) is 17.6 Å². The molecule has 0 aliphatic carbocycles. The van der Waals surface area contributed by atoms with Crippen molar-refractivity contribution in [3.05, 3.63) is 59.4 Å². The summed E-state index contributed by atoms with van der Waals surface area (Å²) in [5, 5.41) is 0. The quantitative estimate of drug-likeness (QED) is 0.602. The Hall–Kier alpha value is -2.49. The van der Waals surface area contributed by atoms with Crippen molar-refractivity contribution in [1.82, 2.24) is 9.21 Å². The average molecular weight is 464 g/mol. The van der Waals surface area contributed by atoms with E-state index in [0.29, 0.717) is 50.6 Å². The zero-order valence-electron chi connectivity index (χ0n) is 18.8. The van der Waals surface area contributed by atoms with Crippen LogP contribution in [-0.4, -0.2) is 70.0 Å². The third-order valence-electron chi connectivity index (χ3n) is 5.61. The number of halogens is 1. The molecule has 0 aromatic heterocycles. The molecule has 1 aliphatic heterocycles. The van der Waals surface area contributed by atoms with Gasteiger partial charge >= 0.3 is 0 Å². The number of morpholine rings is 1. The van der Waals surface area contributed by atoms with E-state index >= 15 is 0 Å². The van der Waals surface area contributed by atoms with Crippen LogP contribution in [0, 0.1) is 5.82 Å². The highest BCUT2D eigenvalue weighted by molar-refractivity contribution is 7.89. The van der Waals surface area contributed by atoms with Crippen LogP contribution in [-0.2, 0) is 21.3 Å². The Morgan fingerprint density at radius 2 is 1.75 bits per heavy atom. The fourth-order valence-electron chi connectivity index (χ4n) is 3.80. The standard InChI is InChI=1S/C23H30FN3O4S/c1-4-27(5-2)32(29,30)19-10-11-22(26-12-14-31-15-13-26)20(16-19)23(28)25(3)17-18-8-6-7-9-21(18)24/h6-11,16H,4-5,12-15,17H2,1-3H3. The predicted octanol–water partition coefficient (Wildman–Crippen LogP) is 2.97. The number of carbonyl (C=O) groups is 1. The number of carbonyl (C=O) groups excluding carboxylic acids is 1. The van der Waals surface area contributed by atoms with Crippen LogP contribution < -0.4 is 4.90 Å². The van der Waals surface area contributed by atoms with Gasteiger partial charge in [0.15, 0.2) is 0 Å². The highest BCUT2D eigenvalue weighted by atomic mass is 32.2. The molecule has 2 aromatic rings. The largest absolute Gasteiger partial charge is 0.378 e. The van der Waals surface area contributed by atoms with Crippen LogP contribution in [0.4, 0.5) is 10.1 Å². The molecule has 0 N–H and O–H groups in total. The maximum Gasteiger partial charge on any atom is 0.256 e. The van der Waals surface area contributed by atoms with E-state index in [1.165, 1.54) is 21.3 Å². The van der Waals surface area contributed by atoms with E-state index in [0.717, 1.165) is 0 Å². The minimum atomic E-state index is -3.74. The number of hydrogen-bond donors (Lipinski definition) is 0. The highest BCUT2D eigenvalue weighted by Gasteiger charge is 2.27. The first kappa shape index (κ1) is 24.2. The van der Waals surface area contributed by atoms with Crippen molar-refractivity contribution in [2.45, 2.75) is 25.3 Å². The molecule has 0 saturated carbocycles. The van der Waals surface area contributed by atoms with Crippen molar-refractivity contribution in [2.75, 3.05) is 51.3 Å². The number of rotatable bonds is 8. The van der Waals surface area contributed by atoms with Gasteiger partial charge in [0.25, 0.3) is 5.91 Å². The molecule has 7 nitrogen and oxygen atoms in total. The lowest BCUT2D eigenvalue weighted by atomic mass is 10.1. The maximum absolute atomic E-state index is 14.1. The summed E-state index contributed by atoms with van der Waals surface area (Å²) in [7, 11) is -2.15. The SMILES string of the molecule is CCN(CC)S(=O)(=O)c1ccc(N2CCOCC2)c(C(=O)N(C)Cc2ccccc2F)c1. The number of hydrogen-bond acceptors (Lipinski definition) is 5. The zero-order valence-corrected chi connectivity index (χ0v) is 19.6. The summed E-state index contributed by atoms with van der Waals surface area (Å²) in [6.07, 6.45) is 0. The second-order valence-corrected chi connectivity index (χ2v) is 9.56. The van der Waals surface area contributed by atoms with E-state index in [2.05, 4.69) is 0 Å². The average Bonchev–Trinajstić information content (AvgIpc) is 2.80. The normalized spacial score (nSPS) is 14.6. The van der Waals surface area contributed by atoms with Crippen LogP contribution >= 0.6 is 0 Å². The minimum absolute atomic E-state index is 0.0702. The molecule has 0 radical (unpaired) electrons. The van der Waals surface area contributed by atoms with Gasteiger partial charge in [-0.3, -0.25) is 4.79 Å². The lowest BCUT2D eigenvalue weighted by Gasteiger charge is -2.31.